The van der Waals surface area contributed by atoms with Gasteiger partial charge in [-0.25, -0.2) is 4.98 Å². The van der Waals surface area contributed by atoms with Crippen molar-refractivity contribution in [2.75, 3.05) is 0 Å². The van der Waals surface area contributed by atoms with Crippen LogP contribution in [0.25, 0.3) is 21.7 Å². The molecule has 2 nitrogen and oxygen atoms in total. The van der Waals surface area contributed by atoms with Crippen LogP contribution in [0.2, 0.25) is 0 Å². The number of rotatable bonds is 0. The highest BCUT2D eigenvalue weighted by Gasteiger charge is 2.20. The van der Waals surface area contributed by atoms with Crippen LogP contribution in [0.4, 0.5) is 0 Å². The Morgan fingerprint density at radius 2 is 1.74 bits per heavy atom. The van der Waals surface area contributed by atoms with Gasteiger partial charge in [0.1, 0.15) is 10.2 Å². The Hall–Kier alpha value is -1.74. The second-order valence-corrected chi connectivity index (χ2v) is 6.12. The molecule has 0 atom stereocenters. The molecule has 19 heavy (non-hydrogen) atoms. The lowest BCUT2D eigenvalue weighted by Gasteiger charge is -2.16. The first-order chi connectivity index (χ1) is 8.97. The van der Waals surface area contributed by atoms with Crippen molar-refractivity contribution in [3.63, 3.8) is 0 Å². The van der Waals surface area contributed by atoms with Crippen molar-refractivity contribution >= 4 is 34.0 Å². The molecule has 0 N–H and O–H groups in total. The second-order valence-electron chi connectivity index (χ2n) is 5.74. The Labute approximate surface area is 117 Å². The molecule has 1 aromatic heterocycles. The molecule has 0 aliphatic rings. The van der Waals surface area contributed by atoms with Crippen molar-refractivity contribution in [2.24, 2.45) is 0 Å². The molecular weight excluding hydrogens is 254 g/mol. The number of aromatic nitrogens is 1. The lowest BCUT2D eigenvalue weighted by Crippen LogP contribution is -2.13. The van der Waals surface area contributed by atoms with Gasteiger partial charge in [0.05, 0.1) is 5.39 Å². The zero-order valence-corrected chi connectivity index (χ0v) is 12.0. The fourth-order valence-electron chi connectivity index (χ4n) is 2.11. The highest BCUT2D eigenvalue weighted by Crippen LogP contribution is 2.29. The Morgan fingerprint density at radius 1 is 1.00 bits per heavy atom. The lowest BCUT2D eigenvalue weighted by molar-refractivity contribution is 0.396. The van der Waals surface area contributed by atoms with Crippen molar-refractivity contribution in [1.82, 2.24) is 4.98 Å². The second kappa shape index (κ2) is 4.14. The van der Waals surface area contributed by atoms with Crippen LogP contribution in [0.5, 0.6) is 0 Å². The van der Waals surface area contributed by atoms with Gasteiger partial charge in [0.2, 0.25) is 5.89 Å². The van der Waals surface area contributed by atoms with E-state index in [-0.39, 0.29) is 5.41 Å². The van der Waals surface area contributed by atoms with Crippen LogP contribution >= 0.6 is 12.2 Å². The van der Waals surface area contributed by atoms with Gasteiger partial charge in [0.25, 0.3) is 0 Å². The molecule has 0 saturated carbocycles. The van der Waals surface area contributed by atoms with Gasteiger partial charge >= 0.3 is 0 Å². The first-order valence-electron chi connectivity index (χ1n) is 6.30. The molecule has 0 unspecified atom stereocenters. The molecule has 0 fully saturated rings. The predicted octanol–water partition coefficient (Wildman–Crippen LogP) is 5.01. The summed E-state index contributed by atoms with van der Waals surface area (Å²) in [4.78, 5) is 4.43. The molecule has 0 aliphatic carbocycles. The SMILES string of the molecule is CC(C)(C)c1nc(=S)c2ccc3ccccc3c2o1. The number of hydrogen-bond acceptors (Lipinski definition) is 3. The summed E-state index contributed by atoms with van der Waals surface area (Å²) in [6, 6.07) is 12.2. The maximum atomic E-state index is 6.04. The number of nitrogens with zero attached hydrogens (tertiary/aromatic N) is 1. The molecule has 3 aromatic rings. The van der Waals surface area contributed by atoms with Crippen molar-refractivity contribution in [2.45, 2.75) is 26.2 Å². The summed E-state index contributed by atoms with van der Waals surface area (Å²) in [5.74, 6) is 0.682. The van der Waals surface area contributed by atoms with E-state index in [9.17, 15) is 0 Å². The molecule has 0 bridgehead atoms. The highest BCUT2D eigenvalue weighted by molar-refractivity contribution is 7.71. The van der Waals surface area contributed by atoms with Crippen LogP contribution < -0.4 is 0 Å². The summed E-state index contributed by atoms with van der Waals surface area (Å²) < 4.78 is 6.65. The Kier molecular flexibility index (Phi) is 2.68. The fourth-order valence-corrected chi connectivity index (χ4v) is 2.36. The molecule has 3 rings (SSSR count). The van der Waals surface area contributed by atoms with Crippen LogP contribution in [0.1, 0.15) is 26.7 Å². The molecule has 0 amide bonds. The molecule has 2 aromatic carbocycles. The van der Waals surface area contributed by atoms with Crippen molar-refractivity contribution < 1.29 is 4.42 Å². The standard InChI is InChI=1S/C16H15NOS/c1-16(2,3)15-17-14(19)12-9-8-10-6-4-5-7-11(10)13(12)18-15/h4-9H,1-3H3. The smallest absolute Gasteiger partial charge is 0.201 e. The first-order valence-corrected chi connectivity index (χ1v) is 6.71. The average Bonchev–Trinajstić information content (AvgIpc) is 2.37. The van der Waals surface area contributed by atoms with E-state index in [1.165, 1.54) is 0 Å². The minimum absolute atomic E-state index is 0.154. The summed E-state index contributed by atoms with van der Waals surface area (Å²) in [5, 5.41) is 3.14. The van der Waals surface area contributed by atoms with Crippen molar-refractivity contribution in [1.29, 1.82) is 0 Å². The summed E-state index contributed by atoms with van der Waals surface area (Å²) in [6.45, 7) is 6.22. The van der Waals surface area contributed by atoms with Gasteiger partial charge in [-0.3, -0.25) is 0 Å². The third-order valence-corrected chi connectivity index (χ3v) is 3.46. The normalized spacial score (nSPS) is 12.2. The van der Waals surface area contributed by atoms with Gasteiger partial charge < -0.3 is 4.42 Å². The molecule has 0 aliphatic heterocycles. The van der Waals surface area contributed by atoms with Crippen molar-refractivity contribution in [3.05, 3.63) is 46.9 Å². The van der Waals surface area contributed by atoms with Crippen LogP contribution in [0.15, 0.2) is 40.8 Å². The zero-order valence-electron chi connectivity index (χ0n) is 11.2. The molecule has 1 heterocycles. The van der Waals surface area contributed by atoms with E-state index in [1.54, 1.807) is 0 Å². The van der Waals surface area contributed by atoms with Crippen molar-refractivity contribution in [3.8, 4) is 0 Å². The van der Waals surface area contributed by atoms with Gasteiger partial charge in [-0.15, -0.1) is 0 Å². The molecular formula is C16H15NOS. The monoisotopic (exact) mass is 269 g/mol. The minimum atomic E-state index is -0.154. The molecule has 96 valence electrons. The summed E-state index contributed by atoms with van der Waals surface area (Å²) in [5.41, 5.74) is 0.682. The summed E-state index contributed by atoms with van der Waals surface area (Å²) >= 11 is 5.40. The number of hydrogen-bond donors (Lipinski definition) is 0. The maximum Gasteiger partial charge on any atom is 0.201 e. The van der Waals surface area contributed by atoms with Gasteiger partial charge in [-0.1, -0.05) is 63.3 Å². The number of benzene rings is 2. The van der Waals surface area contributed by atoms with Crippen LogP contribution in [-0.4, -0.2) is 4.98 Å². The minimum Gasteiger partial charge on any atom is -0.441 e. The fraction of sp³-hybridized carbons (Fsp3) is 0.250. The van der Waals surface area contributed by atoms with E-state index in [0.717, 1.165) is 21.7 Å². The lowest BCUT2D eigenvalue weighted by atomic mass is 9.96. The Morgan fingerprint density at radius 3 is 2.47 bits per heavy atom. The quantitative estimate of drug-likeness (QED) is 0.424. The third-order valence-electron chi connectivity index (χ3n) is 3.15. The van der Waals surface area contributed by atoms with E-state index in [0.29, 0.717) is 10.5 Å². The first kappa shape index (κ1) is 12.3. The van der Waals surface area contributed by atoms with E-state index in [2.05, 4.69) is 44.0 Å². The van der Waals surface area contributed by atoms with E-state index < -0.39 is 0 Å². The molecule has 0 saturated heterocycles. The number of fused-ring (bicyclic) bond motifs is 3. The topological polar surface area (TPSA) is 26.0 Å². The van der Waals surface area contributed by atoms with E-state index in [4.69, 9.17) is 16.6 Å². The Balaban J connectivity index is 2.51. The zero-order chi connectivity index (χ0) is 13.6. The van der Waals surface area contributed by atoms with Gasteiger partial charge in [0.15, 0.2) is 0 Å². The molecule has 0 radical (unpaired) electrons. The van der Waals surface area contributed by atoms with Crippen LogP contribution in [0, 0.1) is 4.64 Å². The molecule has 0 spiro atoms. The van der Waals surface area contributed by atoms with E-state index in [1.807, 2.05) is 18.2 Å². The van der Waals surface area contributed by atoms with Crippen LogP contribution in [0.3, 0.4) is 0 Å². The van der Waals surface area contributed by atoms with Gasteiger partial charge in [-0.2, -0.15) is 0 Å². The van der Waals surface area contributed by atoms with E-state index >= 15 is 0 Å². The van der Waals surface area contributed by atoms with Gasteiger partial charge in [0, 0.05) is 10.8 Å². The highest BCUT2D eigenvalue weighted by atomic mass is 32.1. The largest absolute Gasteiger partial charge is 0.441 e. The maximum absolute atomic E-state index is 6.04. The summed E-state index contributed by atoms with van der Waals surface area (Å²) in [6.07, 6.45) is 0. The van der Waals surface area contributed by atoms with Crippen LogP contribution in [-0.2, 0) is 5.41 Å². The predicted molar refractivity (Wildman–Crippen MR) is 81.0 cm³/mol. The third kappa shape index (κ3) is 2.04. The molecule has 3 heteroatoms. The van der Waals surface area contributed by atoms with Gasteiger partial charge in [-0.05, 0) is 11.5 Å². The Bertz CT molecular complexity index is 827. The average molecular weight is 269 g/mol. The summed E-state index contributed by atoms with van der Waals surface area (Å²) in [7, 11) is 0.